The van der Waals surface area contributed by atoms with Gasteiger partial charge in [-0.2, -0.15) is 4.98 Å². The van der Waals surface area contributed by atoms with Crippen LogP contribution in [0.1, 0.15) is 5.56 Å². The molecule has 0 aliphatic carbocycles. The lowest BCUT2D eigenvalue weighted by molar-refractivity contribution is 0.427. The normalized spacial score (nSPS) is 10.5. The second-order valence-electron chi connectivity index (χ2n) is 2.36. The van der Waals surface area contributed by atoms with Crippen LogP contribution in [0.4, 0.5) is 0 Å². The van der Waals surface area contributed by atoms with E-state index in [4.69, 9.17) is 4.52 Å². The molecule has 0 N–H and O–H groups in total. The van der Waals surface area contributed by atoms with Crippen LogP contribution in [0.5, 0.6) is 0 Å². The van der Waals surface area contributed by atoms with Gasteiger partial charge in [0.25, 0.3) is 5.89 Å². The summed E-state index contributed by atoms with van der Waals surface area (Å²) >= 11 is 4.72. The molecule has 2 heterocycles. The first-order valence-corrected chi connectivity index (χ1v) is 4.98. The molecule has 12 heavy (non-hydrogen) atoms. The van der Waals surface area contributed by atoms with Crippen molar-refractivity contribution in [2.24, 2.45) is 0 Å². The summed E-state index contributed by atoms with van der Waals surface area (Å²) < 4.78 is 5.46. The maximum Gasteiger partial charge on any atom is 0.268 e. The Kier molecular flexibility index (Phi) is 1.98. The zero-order chi connectivity index (χ0) is 8.55. The Morgan fingerprint density at radius 3 is 2.92 bits per heavy atom. The van der Waals surface area contributed by atoms with Crippen molar-refractivity contribution < 1.29 is 4.52 Å². The first-order valence-electron chi connectivity index (χ1n) is 3.30. The molecule has 0 radical (unpaired) electrons. The van der Waals surface area contributed by atoms with Gasteiger partial charge in [-0.1, -0.05) is 0 Å². The van der Waals surface area contributed by atoms with E-state index in [1.54, 1.807) is 11.3 Å². The first kappa shape index (κ1) is 7.94. The standard InChI is InChI=1S/C7H5BrN2OS/c1-4-2-5(12-3-4)6-9-7(8)10-11-6/h2-3H,1H3. The van der Waals surface area contributed by atoms with E-state index < -0.39 is 0 Å². The Morgan fingerprint density at radius 2 is 2.42 bits per heavy atom. The maximum absolute atomic E-state index is 4.97. The Balaban J connectivity index is 2.43. The number of nitrogens with zero attached hydrogens (tertiary/aromatic N) is 2. The number of hydrogen-bond donors (Lipinski definition) is 0. The van der Waals surface area contributed by atoms with Crippen LogP contribution in [-0.4, -0.2) is 10.1 Å². The van der Waals surface area contributed by atoms with Crippen LogP contribution in [0.3, 0.4) is 0 Å². The Bertz CT molecular complexity index is 357. The summed E-state index contributed by atoms with van der Waals surface area (Å²) in [5.41, 5.74) is 1.21. The Hall–Kier alpha value is -0.680. The molecular weight excluding hydrogens is 240 g/mol. The fourth-order valence-electron chi connectivity index (χ4n) is 0.849. The molecule has 62 valence electrons. The molecule has 0 bridgehead atoms. The summed E-state index contributed by atoms with van der Waals surface area (Å²) in [4.78, 5) is 5.05. The minimum absolute atomic E-state index is 0.489. The van der Waals surface area contributed by atoms with Crippen molar-refractivity contribution in [2.75, 3.05) is 0 Å². The molecule has 0 saturated heterocycles. The highest BCUT2D eigenvalue weighted by molar-refractivity contribution is 9.10. The highest BCUT2D eigenvalue weighted by Gasteiger charge is 2.07. The van der Waals surface area contributed by atoms with Crippen molar-refractivity contribution in [3.05, 3.63) is 21.7 Å². The van der Waals surface area contributed by atoms with Crippen molar-refractivity contribution in [2.45, 2.75) is 6.92 Å². The average molecular weight is 245 g/mol. The van der Waals surface area contributed by atoms with E-state index >= 15 is 0 Å². The summed E-state index contributed by atoms with van der Waals surface area (Å²) in [6.45, 7) is 2.03. The second kappa shape index (κ2) is 2.99. The molecular formula is C7H5BrN2OS. The lowest BCUT2D eigenvalue weighted by Crippen LogP contribution is -1.69. The number of halogens is 1. The van der Waals surface area contributed by atoms with E-state index in [9.17, 15) is 0 Å². The summed E-state index contributed by atoms with van der Waals surface area (Å²) in [6.07, 6.45) is 0. The third kappa shape index (κ3) is 1.42. The minimum atomic E-state index is 0.489. The van der Waals surface area contributed by atoms with Crippen LogP contribution in [-0.2, 0) is 0 Å². The molecule has 0 aromatic carbocycles. The van der Waals surface area contributed by atoms with Gasteiger partial charge in [-0.25, -0.2) is 0 Å². The van der Waals surface area contributed by atoms with E-state index in [0.717, 1.165) is 4.88 Å². The molecule has 2 aromatic rings. The molecule has 0 aliphatic rings. The van der Waals surface area contributed by atoms with Gasteiger partial charge in [0.15, 0.2) is 0 Å². The molecule has 2 aromatic heterocycles. The fourth-order valence-corrected chi connectivity index (χ4v) is 1.90. The SMILES string of the molecule is Cc1csc(-c2nc(Br)no2)c1. The van der Waals surface area contributed by atoms with Crippen molar-refractivity contribution in [1.29, 1.82) is 0 Å². The zero-order valence-electron chi connectivity index (χ0n) is 6.24. The third-order valence-electron chi connectivity index (χ3n) is 1.34. The van der Waals surface area contributed by atoms with Crippen LogP contribution in [0.15, 0.2) is 20.7 Å². The minimum Gasteiger partial charge on any atom is -0.332 e. The van der Waals surface area contributed by atoms with Crippen molar-refractivity contribution >= 4 is 27.3 Å². The highest BCUT2D eigenvalue weighted by Crippen LogP contribution is 2.25. The largest absolute Gasteiger partial charge is 0.332 e. The summed E-state index contributed by atoms with van der Waals surface area (Å²) in [7, 11) is 0. The molecule has 0 spiro atoms. The van der Waals surface area contributed by atoms with Gasteiger partial charge in [0.2, 0.25) is 4.73 Å². The predicted molar refractivity (Wildman–Crippen MR) is 50.0 cm³/mol. The Morgan fingerprint density at radius 1 is 1.58 bits per heavy atom. The lowest BCUT2D eigenvalue weighted by Gasteiger charge is -1.81. The molecule has 0 saturated carbocycles. The number of thiophene rings is 1. The molecule has 0 atom stereocenters. The summed E-state index contributed by atoms with van der Waals surface area (Å²) in [5.74, 6) is 0.569. The number of aromatic nitrogens is 2. The summed E-state index contributed by atoms with van der Waals surface area (Å²) in [6, 6.07) is 2.02. The van der Waals surface area contributed by atoms with Gasteiger partial charge in [-0.15, -0.1) is 11.3 Å². The lowest BCUT2D eigenvalue weighted by atomic mass is 10.3. The van der Waals surface area contributed by atoms with Gasteiger partial charge in [-0.3, -0.25) is 0 Å². The average Bonchev–Trinajstić information content (AvgIpc) is 2.58. The van der Waals surface area contributed by atoms with E-state index in [2.05, 4.69) is 26.1 Å². The van der Waals surface area contributed by atoms with Gasteiger partial charge in [0, 0.05) is 0 Å². The highest BCUT2D eigenvalue weighted by atomic mass is 79.9. The number of rotatable bonds is 1. The van der Waals surface area contributed by atoms with E-state index in [-0.39, 0.29) is 0 Å². The molecule has 0 unspecified atom stereocenters. The van der Waals surface area contributed by atoms with Gasteiger partial charge in [0.05, 0.1) is 4.88 Å². The van der Waals surface area contributed by atoms with Gasteiger partial charge >= 0.3 is 0 Å². The van der Waals surface area contributed by atoms with Gasteiger partial charge in [0.1, 0.15) is 0 Å². The molecule has 5 heteroatoms. The number of aryl methyl sites for hydroxylation is 1. The third-order valence-corrected chi connectivity index (χ3v) is 2.70. The maximum atomic E-state index is 4.97. The molecule has 0 amide bonds. The van der Waals surface area contributed by atoms with Crippen LogP contribution in [0.2, 0.25) is 0 Å². The predicted octanol–water partition coefficient (Wildman–Crippen LogP) is 2.87. The molecule has 0 aliphatic heterocycles. The van der Waals surface area contributed by atoms with Crippen LogP contribution < -0.4 is 0 Å². The van der Waals surface area contributed by atoms with Crippen LogP contribution in [0, 0.1) is 6.92 Å². The molecule has 2 rings (SSSR count). The second-order valence-corrected chi connectivity index (χ2v) is 3.98. The Labute approximate surface area is 81.5 Å². The number of hydrogen-bond acceptors (Lipinski definition) is 4. The van der Waals surface area contributed by atoms with E-state index in [1.165, 1.54) is 5.56 Å². The van der Waals surface area contributed by atoms with Crippen molar-refractivity contribution in [3.63, 3.8) is 0 Å². The molecule has 3 nitrogen and oxygen atoms in total. The smallest absolute Gasteiger partial charge is 0.268 e. The monoisotopic (exact) mass is 244 g/mol. The molecule has 0 fully saturated rings. The van der Waals surface area contributed by atoms with E-state index in [1.807, 2.05) is 18.4 Å². The zero-order valence-corrected chi connectivity index (χ0v) is 8.65. The van der Waals surface area contributed by atoms with Gasteiger partial charge < -0.3 is 4.52 Å². The first-order chi connectivity index (χ1) is 5.75. The van der Waals surface area contributed by atoms with E-state index in [0.29, 0.717) is 10.6 Å². The topological polar surface area (TPSA) is 38.9 Å². The van der Waals surface area contributed by atoms with Crippen LogP contribution in [0.25, 0.3) is 10.8 Å². The van der Waals surface area contributed by atoms with Crippen molar-refractivity contribution in [1.82, 2.24) is 10.1 Å². The van der Waals surface area contributed by atoms with Crippen LogP contribution >= 0.6 is 27.3 Å². The van der Waals surface area contributed by atoms with Crippen molar-refractivity contribution in [3.8, 4) is 10.8 Å². The fraction of sp³-hybridized carbons (Fsp3) is 0.143. The van der Waals surface area contributed by atoms with Gasteiger partial charge in [-0.05, 0) is 45.0 Å². The quantitative estimate of drug-likeness (QED) is 0.775. The summed E-state index contributed by atoms with van der Waals surface area (Å²) in [5, 5.41) is 5.69.